The minimum Gasteiger partial charge on any atom is -0.466 e. The Balaban J connectivity index is 1.40. The number of piperidine rings is 1. The van der Waals surface area contributed by atoms with Gasteiger partial charge in [0.1, 0.15) is 0 Å². The van der Waals surface area contributed by atoms with Gasteiger partial charge in [-0.1, -0.05) is 0 Å². The Morgan fingerprint density at radius 1 is 1.03 bits per heavy atom. The number of benzene rings is 1. The fourth-order valence-electron chi connectivity index (χ4n) is 4.57. The lowest BCUT2D eigenvalue weighted by molar-refractivity contribution is -0.148. The smallest absolute Gasteiger partial charge is 0.309 e. The van der Waals surface area contributed by atoms with Crippen molar-refractivity contribution >= 4 is 27.4 Å². The molecule has 0 atom stereocenters. The highest BCUT2D eigenvalue weighted by Gasteiger charge is 2.32. The summed E-state index contributed by atoms with van der Waals surface area (Å²) in [4.78, 5) is 14.3. The summed E-state index contributed by atoms with van der Waals surface area (Å²) in [5, 5.41) is 3.55. The first-order valence-corrected chi connectivity index (χ1v) is 13.8. The van der Waals surface area contributed by atoms with E-state index in [4.69, 9.17) is 4.74 Å². The number of carbonyl (C=O) groups excluding carboxylic acids is 1. The molecule has 8 heteroatoms. The van der Waals surface area contributed by atoms with Crippen LogP contribution in [0.5, 0.6) is 0 Å². The fraction of sp³-hybridized carbons (Fsp3) is 0.720. The maximum atomic E-state index is 12.4. The molecule has 0 bridgehead atoms. The van der Waals surface area contributed by atoms with Crippen molar-refractivity contribution in [3.8, 4) is 0 Å². The number of sulfonamides is 1. The lowest BCUT2D eigenvalue weighted by Crippen LogP contribution is -2.46. The number of rotatable bonds is 8. The van der Waals surface area contributed by atoms with Crippen LogP contribution in [-0.4, -0.2) is 51.4 Å². The Morgan fingerprint density at radius 2 is 1.64 bits per heavy atom. The maximum Gasteiger partial charge on any atom is 0.309 e. The van der Waals surface area contributed by atoms with Gasteiger partial charge in [0.05, 0.1) is 17.3 Å². The van der Waals surface area contributed by atoms with Crippen LogP contribution in [0.3, 0.4) is 0 Å². The molecule has 1 aliphatic heterocycles. The molecule has 0 amide bonds. The minimum absolute atomic E-state index is 0.0287. The molecule has 33 heavy (non-hydrogen) atoms. The highest BCUT2D eigenvalue weighted by atomic mass is 32.2. The van der Waals surface area contributed by atoms with E-state index in [-0.39, 0.29) is 17.9 Å². The summed E-state index contributed by atoms with van der Waals surface area (Å²) in [6.07, 6.45) is 5.52. The molecule has 3 rings (SSSR count). The number of ether oxygens (including phenoxy) is 1. The van der Waals surface area contributed by atoms with Gasteiger partial charge in [0.15, 0.2) is 0 Å². The molecule has 2 aliphatic rings. The van der Waals surface area contributed by atoms with Crippen molar-refractivity contribution in [3.05, 3.63) is 24.3 Å². The molecular formula is C25H41N3O4S. The Morgan fingerprint density at radius 3 is 2.18 bits per heavy atom. The number of nitrogens with zero attached hydrogens (tertiary/aromatic N) is 1. The van der Waals surface area contributed by atoms with Gasteiger partial charge in [-0.25, -0.2) is 13.1 Å². The second-order valence-corrected chi connectivity index (χ2v) is 12.9. The van der Waals surface area contributed by atoms with E-state index in [0.717, 1.165) is 63.8 Å². The number of esters is 1. The van der Waals surface area contributed by atoms with E-state index >= 15 is 0 Å². The number of hydrogen-bond donors (Lipinski definition) is 2. The molecule has 1 heterocycles. The molecule has 0 radical (unpaired) electrons. The third-order valence-electron chi connectivity index (χ3n) is 6.92. The lowest BCUT2D eigenvalue weighted by Gasteiger charge is -2.33. The molecule has 2 N–H and O–H groups in total. The van der Waals surface area contributed by atoms with E-state index in [9.17, 15) is 13.2 Å². The van der Waals surface area contributed by atoms with Crippen LogP contribution in [0.25, 0.3) is 0 Å². The molecule has 0 aromatic heterocycles. The average molecular weight is 480 g/mol. The normalized spacial score (nSPS) is 22.7. The summed E-state index contributed by atoms with van der Waals surface area (Å²) < 4.78 is 32.1. The molecule has 7 nitrogen and oxygen atoms in total. The molecule has 1 aromatic rings. The summed E-state index contributed by atoms with van der Waals surface area (Å²) in [7, 11) is -3.29. The van der Waals surface area contributed by atoms with Gasteiger partial charge < -0.3 is 15.0 Å². The Labute approximate surface area is 199 Å². The first-order valence-electron chi connectivity index (χ1n) is 12.4. The lowest BCUT2D eigenvalue weighted by atomic mass is 9.86. The SMILES string of the molecule is CCOC(=O)C1CCN(c2ccc(NCC3CCC(NS(=O)(=O)C(C)(C)C)CC3)cc2)CC1. The zero-order chi connectivity index (χ0) is 24.1. The third-order valence-corrected chi connectivity index (χ3v) is 9.17. The van der Waals surface area contributed by atoms with Crippen LogP contribution in [-0.2, 0) is 19.6 Å². The second-order valence-electron chi connectivity index (χ2n) is 10.4. The quantitative estimate of drug-likeness (QED) is 0.545. The Bertz CT molecular complexity index is 864. The van der Waals surface area contributed by atoms with Gasteiger partial charge in [-0.15, -0.1) is 0 Å². The zero-order valence-electron chi connectivity index (χ0n) is 20.6. The van der Waals surface area contributed by atoms with Crippen LogP contribution < -0.4 is 14.9 Å². The molecule has 2 fully saturated rings. The number of carbonyl (C=O) groups is 1. The van der Waals surface area contributed by atoms with Gasteiger partial charge in [-0.2, -0.15) is 0 Å². The number of anilines is 2. The molecular weight excluding hydrogens is 438 g/mol. The van der Waals surface area contributed by atoms with Crippen molar-refractivity contribution < 1.29 is 17.9 Å². The predicted octanol–water partition coefficient (Wildman–Crippen LogP) is 4.15. The first-order chi connectivity index (χ1) is 15.6. The van der Waals surface area contributed by atoms with Crippen LogP contribution in [0, 0.1) is 11.8 Å². The van der Waals surface area contributed by atoms with Crippen LogP contribution in [0.1, 0.15) is 66.2 Å². The van der Waals surface area contributed by atoms with E-state index in [1.165, 1.54) is 5.69 Å². The van der Waals surface area contributed by atoms with Crippen molar-refractivity contribution in [1.82, 2.24) is 4.72 Å². The Hall–Kier alpha value is -1.80. The average Bonchev–Trinajstić information content (AvgIpc) is 2.78. The van der Waals surface area contributed by atoms with Crippen LogP contribution in [0.2, 0.25) is 0 Å². The van der Waals surface area contributed by atoms with Crippen LogP contribution in [0.4, 0.5) is 11.4 Å². The second kappa shape index (κ2) is 11.1. The number of hydrogen-bond acceptors (Lipinski definition) is 6. The van der Waals surface area contributed by atoms with Gasteiger partial charge in [-0.05, 0) is 96.4 Å². The summed E-state index contributed by atoms with van der Waals surface area (Å²) in [6.45, 7) is 10.2. The third kappa shape index (κ3) is 7.09. The molecule has 1 aromatic carbocycles. The Kier molecular flexibility index (Phi) is 8.67. The van der Waals surface area contributed by atoms with Gasteiger partial charge in [0.2, 0.25) is 10.0 Å². The molecule has 1 saturated heterocycles. The van der Waals surface area contributed by atoms with Crippen molar-refractivity contribution in [3.63, 3.8) is 0 Å². The predicted molar refractivity (Wildman–Crippen MR) is 134 cm³/mol. The first kappa shape index (κ1) is 25.8. The van der Waals surface area contributed by atoms with E-state index < -0.39 is 14.8 Å². The van der Waals surface area contributed by atoms with E-state index in [1.54, 1.807) is 20.8 Å². The molecule has 186 valence electrons. The van der Waals surface area contributed by atoms with Gasteiger partial charge >= 0.3 is 5.97 Å². The monoisotopic (exact) mass is 479 g/mol. The van der Waals surface area contributed by atoms with Gasteiger partial charge in [-0.3, -0.25) is 4.79 Å². The fourth-order valence-corrected chi connectivity index (χ4v) is 5.59. The minimum atomic E-state index is -3.29. The molecule has 1 aliphatic carbocycles. The van der Waals surface area contributed by atoms with Crippen molar-refractivity contribution in [2.45, 2.75) is 77.0 Å². The zero-order valence-corrected chi connectivity index (χ0v) is 21.4. The summed E-state index contributed by atoms with van der Waals surface area (Å²) in [5.41, 5.74) is 2.30. The van der Waals surface area contributed by atoms with E-state index in [1.807, 2.05) is 6.92 Å². The van der Waals surface area contributed by atoms with Crippen molar-refractivity contribution in [2.24, 2.45) is 11.8 Å². The highest BCUT2D eigenvalue weighted by Crippen LogP contribution is 2.28. The summed E-state index contributed by atoms with van der Waals surface area (Å²) >= 11 is 0. The maximum absolute atomic E-state index is 12.4. The molecule has 0 unspecified atom stereocenters. The van der Waals surface area contributed by atoms with Crippen molar-refractivity contribution in [1.29, 1.82) is 0 Å². The number of nitrogens with one attached hydrogen (secondary N) is 2. The molecule has 0 spiro atoms. The standard InChI is InChI=1S/C25H41N3O4S/c1-5-32-24(29)20-14-16-28(17-15-20)23-12-10-21(11-13-23)26-18-19-6-8-22(9-7-19)27-33(30,31)25(2,3)4/h10-13,19-20,22,26-27H,5-9,14-18H2,1-4H3. The van der Waals surface area contributed by atoms with Gasteiger partial charge in [0.25, 0.3) is 0 Å². The summed E-state index contributed by atoms with van der Waals surface area (Å²) in [5.74, 6) is 0.528. The highest BCUT2D eigenvalue weighted by molar-refractivity contribution is 7.90. The van der Waals surface area contributed by atoms with Gasteiger partial charge in [0, 0.05) is 37.1 Å². The largest absolute Gasteiger partial charge is 0.466 e. The van der Waals surface area contributed by atoms with Crippen LogP contribution >= 0.6 is 0 Å². The topological polar surface area (TPSA) is 87.7 Å². The van der Waals surface area contributed by atoms with Crippen LogP contribution in [0.15, 0.2) is 24.3 Å². The summed E-state index contributed by atoms with van der Waals surface area (Å²) in [6, 6.07) is 8.58. The molecule has 1 saturated carbocycles. The van der Waals surface area contributed by atoms with E-state index in [0.29, 0.717) is 12.5 Å². The van der Waals surface area contributed by atoms with E-state index in [2.05, 4.69) is 39.2 Å². The van der Waals surface area contributed by atoms with Crippen molar-refractivity contribution in [2.75, 3.05) is 36.5 Å².